The van der Waals surface area contributed by atoms with Crippen LogP contribution < -0.4 is 15.5 Å². The molecule has 1 saturated carbocycles. The summed E-state index contributed by atoms with van der Waals surface area (Å²) >= 11 is 0. The van der Waals surface area contributed by atoms with E-state index in [0.717, 1.165) is 75.6 Å². The Hall–Kier alpha value is -3.08. The summed E-state index contributed by atoms with van der Waals surface area (Å²) in [4.78, 5) is 27.5. The first kappa shape index (κ1) is 30.4. The molecule has 0 radical (unpaired) electrons. The number of nitrogens with zero attached hydrogens (tertiary/aromatic N) is 5. The molecule has 5 rings (SSSR count). The number of carbonyl (C=O) groups excluding carboxylic acids is 1. The molecule has 2 aliphatic heterocycles. The minimum atomic E-state index is -4.59. The topological polar surface area (TPSA) is 76.6 Å². The fraction of sp³-hybridized carbons (Fsp3) is 0.645. The molecule has 3 fully saturated rings. The first-order chi connectivity index (χ1) is 20.2. The van der Waals surface area contributed by atoms with Gasteiger partial charge in [0.05, 0.1) is 0 Å². The summed E-state index contributed by atoms with van der Waals surface area (Å²) in [7, 11) is 2.21. The van der Waals surface area contributed by atoms with Gasteiger partial charge in [-0.3, -0.25) is 9.69 Å². The average Bonchev–Trinajstić information content (AvgIpc) is 3.73. The minimum Gasteiger partial charge on any atom is -0.369 e. The van der Waals surface area contributed by atoms with Gasteiger partial charge >= 0.3 is 6.18 Å². The SMILES string of the molecule is CCc1cc(N2CCN(C)C3(CC3)C2)ccc1Nc1ncc(C(F)(F)F)c(NCCCN2CCCCCCCC2=O)n1. The number of nitrogens with one attached hydrogen (secondary N) is 2. The van der Waals surface area contributed by atoms with Crippen LogP contribution in [0.25, 0.3) is 0 Å². The molecule has 1 aliphatic carbocycles. The van der Waals surface area contributed by atoms with E-state index in [1.165, 1.54) is 18.5 Å². The highest BCUT2D eigenvalue weighted by Crippen LogP contribution is 2.44. The lowest BCUT2D eigenvalue weighted by atomic mass is 10.1. The minimum absolute atomic E-state index is 0.111. The lowest BCUT2D eigenvalue weighted by molar-refractivity contribution is -0.137. The van der Waals surface area contributed by atoms with Crippen molar-refractivity contribution in [2.75, 3.05) is 61.8 Å². The van der Waals surface area contributed by atoms with Crippen LogP contribution in [0.3, 0.4) is 0 Å². The Labute approximate surface area is 247 Å². The maximum Gasteiger partial charge on any atom is 0.421 e. The number of halogens is 3. The van der Waals surface area contributed by atoms with Crippen molar-refractivity contribution in [3.05, 3.63) is 35.5 Å². The van der Waals surface area contributed by atoms with Crippen molar-refractivity contribution < 1.29 is 18.0 Å². The van der Waals surface area contributed by atoms with Crippen LogP contribution in [0.1, 0.15) is 75.8 Å². The highest BCUT2D eigenvalue weighted by Gasteiger charge is 2.49. The summed E-state index contributed by atoms with van der Waals surface area (Å²) in [5, 5.41) is 6.04. The summed E-state index contributed by atoms with van der Waals surface area (Å²) in [6.07, 6.45) is 5.75. The average molecular weight is 588 g/mol. The third-order valence-corrected chi connectivity index (χ3v) is 9.07. The number of anilines is 4. The van der Waals surface area contributed by atoms with Crippen molar-refractivity contribution in [2.24, 2.45) is 0 Å². The highest BCUT2D eigenvalue weighted by molar-refractivity contribution is 5.76. The van der Waals surface area contributed by atoms with Crippen molar-refractivity contribution >= 4 is 29.0 Å². The van der Waals surface area contributed by atoms with Gasteiger partial charge in [-0.15, -0.1) is 0 Å². The van der Waals surface area contributed by atoms with Crippen molar-refractivity contribution in [3.63, 3.8) is 0 Å². The number of alkyl halides is 3. The highest BCUT2D eigenvalue weighted by atomic mass is 19.4. The van der Waals surface area contributed by atoms with E-state index >= 15 is 0 Å². The standard InChI is InChI=1S/C31H44F3N7O/c1-3-23-20-24(41-19-18-39(2)30(22-41)13-14-30)11-12-26(23)37-29-36-21-25(31(32,33)34)28(38-29)35-15-9-17-40-16-8-6-4-5-7-10-27(40)42/h11-12,20-21H,3-10,13-19,22H2,1-2H3,(H2,35,36,37,38). The quantitative estimate of drug-likeness (QED) is 0.345. The fourth-order valence-electron chi connectivity index (χ4n) is 6.17. The number of hydrogen-bond donors (Lipinski definition) is 2. The molecule has 2 N–H and O–H groups in total. The molecule has 0 bridgehead atoms. The number of hydrogen-bond acceptors (Lipinski definition) is 7. The van der Waals surface area contributed by atoms with Crippen molar-refractivity contribution in [3.8, 4) is 0 Å². The molecule has 230 valence electrons. The molecule has 42 heavy (non-hydrogen) atoms. The number of aryl methyl sites for hydroxylation is 1. The van der Waals surface area contributed by atoms with Gasteiger partial charge in [0.2, 0.25) is 11.9 Å². The molecule has 11 heteroatoms. The Kier molecular flexibility index (Phi) is 9.44. The number of benzene rings is 1. The summed E-state index contributed by atoms with van der Waals surface area (Å²) in [5.41, 5.74) is 2.42. The molecule has 2 saturated heterocycles. The van der Waals surface area contributed by atoms with Crippen LogP contribution in [-0.2, 0) is 17.4 Å². The second-order valence-corrected chi connectivity index (χ2v) is 12.0. The van der Waals surface area contributed by atoms with Gasteiger partial charge in [0.15, 0.2) is 0 Å². The van der Waals surface area contributed by atoms with E-state index in [-0.39, 0.29) is 24.2 Å². The maximum absolute atomic E-state index is 13.8. The Balaban J connectivity index is 1.25. The normalized spacial score (nSPS) is 19.8. The van der Waals surface area contributed by atoms with Crippen molar-refractivity contribution in [1.29, 1.82) is 0 Å². The van der Waals surface area contributed by atoms with E-state index in [2.05, 4.69) is 56.5 Å². The van der Waals surface area contributed by atoms with Crippen LogP contribution in [0.5, 0.6) is 0 Å². The van der Waals surface area contributed by atoms with Gasteiger partial charge in [0.1, 0.15) is 11.4 Å². The van der Waals surface area contributed by atoms with E-state index in [9.17, 15) is 18.0 Å². The smallest absolute Gasteiger partial charge is 0.369 e. The third kappa shape index (κ3) is 7.27. The molecule has 3 heterocycles. The summed E-state index contributed by atoms with van der Waals surface area (Å²) in [5.74, 6) is -0.00359. The molecule has 0 unspecified atom stereocenters. The Bertz CT molecular complexity index is 1230. The van der Waals surface area contributed by atoms with E-state index in [1.54, 1.807) is 0 Å². The molecule has 0 atom stereocenters. The van der Waals surface area contributed by atoms with Crippen LogP contribution in [-0.4, -0.2) is 77.5 Å². The summed E-state index contributed by atoms with van der Waals surface area (Å²) < 4.78 is 41.4. The predicted molar refractivity (Wildman–Crippen MR) is 160 cm³/mol. The van der Waals surface area contributed by atoms with Crippen LogP contribution in [0.15, 0.2) is 24.4 Å². The summed E-state index contributed by atoms with van der Waals surface area (Å²) in [6, 6.07) is 6.21. The van der Waals surface area contributed by atoms with E-state index in [4.69, 9.17) is 0 Å². The van der Waals surface area contributed by atoms with Crippen LogP contribution >= 0.6 is 0 Å². The number of rotatable bonds is 9. The lowest BCUT2D eigenvalue weighted by Crippen LogP contribution is -2.53. The summed E-state index contributed by atoms with van der Waals surface area (Å²) in [6.45, 7) is 6.58. The van der Waals surface area contributed by atoms with Crippen molar-refractivity contribution in [2.45, 2.75) is 82.8 Å². The zero-order chi connectivity index (χ0) is 29.7. The number of amides is 1. The number of carbonyl (C=O) groups is 1. The third-order valence-electron chi connectivity index (χ3n) is 9.07. The molecule has 8 nitrogen and oxygen atoms in total. The van der Waals surface area contributed by atoms with E-state index < -0.39 is 11.7 Å². The molecule has 1 aromatic carbocycles. The van der Waals surface area contributed by atoms with Gasteiger partial charge in [-0.05, 0) is 69.3 Å². The Morgan fingerprint density at radius 3 is 2.60 bits per heavy atom. The molecule has 1 spiro atoms. The predicted octanol–water partition coefficient (Wildman–Crippen LogP) is 6.07. The van der Waals surface area contributed by atoms with E-state index in [1.807, 2.05) is 11.0 Å². The number of aromatic nitrogens is 2. The van der Waals surface area contributed by atoms with Gasteiger partial charge in [-0.25, -0.2) is 4.98 Å². The molecule has 1 aromatic heterocycles. The molecule has 1 amide bonds. The molecular formula is C31H44F3N7O. The molecule has 2 aromatic rings. The fourth-order valence-corrected chi connectivity index (χ4v) is 6.17. The Morgan fingerprint density at radius 1 is 1.05 bits per heavy atom. The zero-order valence-corrected chi connectivity index (χ0v) is 24.9. The molecular weight excluding hydrogens is 543 g/mol. The van der Waals surface area contributed by atoms with Crippen LogP contribution in [0, 0.1) is 0 Å². The lowest BCUT2D eigenvalue weighted by Gasteiger charge is -2.41. The molecule has 3 aliphatic rings. The van der Waals surface area contributed by atoms with Gasteiger partial charge in [-0.1, -0.05) is 26.2 Å². The van der Waals surface area contributed by atoms with Gasteiger partial charge in [0, 0.05) is 68.8 Å². The van der Waals surface area contributed by atoms with Gasteiger partial charge in [0.25, 0.3) is 0 Å². The van der Waals surface area contributed by atoms with E-state index in [0.29, 0.717) is 31.5 Å². The van der Waals surface area contributed by atoms with Crippen LogP contribution in [0.2, 0.25) is 0 Å². The van der Waals surface area contributed by atoms with Crippen LogP contribution in [0.4, 0.5) is 36.3 Å². The Morgan fingerprint density at radius 2 is 1.83 bits per heavy atom. The van der Waals surface area contributed by atoms with Gasteiger partial charge < -0.3 is 20.4 Å². The largest absolute Gasteiger partial charge is 0.421 e. The number of piperazine rings is 1. The zero-order valence-electron chi connectivity index (χ0n) is 24.9. The second kappa shape index (κ2) is 13.1. The first-order valence-corrected chi connectivity index (χ1v) is 15.5. The first-order valence-electron chi connectivity index (χ1n) is 15.5. The second-order valence-electron chi connectivity index (χ2n) is 12.0. The van der Waals surface area contributed by atoms with Crippen molar-refractivity contribution in [1.82, 2.24) is 19.8 Å². The number of likely N-dealkylation sites (N-methyl/N-ethyl adjacent to an activating group) is 1. The van der Waals surface area contributed by atoms with Gasteiger partial charge in [-0.2, -0.15) is 18.2 Å². The maximum atomic E-state index is 13.8. The monoisotopic (exact) mass is 587 g/mol.